The molecule has 5 heteroatoms. The highest BCUT2D eigenvalue weighted by atomic mass is 16.5. The van der Waals surface area contributed by atoms with E-state index in [2.05, 4.69) is 0 Å². The first-order valence-electron chi connectivity index (χ1n) is 3.91. The third kappa shape index (κ3) is 1.86. The maximum absolute atomic E-state index is 10.6. The van der Waals surface area contributed by atoms with Crippen molar-refractivity contribution in [2.24, 2.45) is 5.73 Å². The van der Waals surface area contributed by atoms with E-state index in [-0.39, 0.29) is 12.1 Å². The molecule has 0 aromatic carbocycles. The van der Waals surface area contributed by atoms with Gasteiger partial charge >= 0.3 is 6.09 Å². The van der Waals surface area contributed by atoms with Gasteiger partial charge in [0.1, 0.15) is 0 Å². The molecule has 0 spiro atoms. The van der Waals surface area contributed by atoms with Crippen molar-refractivity contribution in [3.05, 3.63) is 0 Å². The molecule has 1 heterocycles. The van der Waals surface area contributed by atoms with Gasteiger partial charge in [0.25, 0.3) is 0 Å². The molecule has 3 N–H and O–H groups in total. The summed E-state index contributed by atoms with van der Waals surface area (Å²) in [5, 5.41) is 8.67. The number of nitrogens with zero attached hydrogens (tertiary/aromatic N) is 1. The first-order chi connectivity index (χ1) is 5.65. The van der Waals surface area contributed by atoms with Gasteiger partial charge < -0.3 is 20.5 Å². The van der Waals surface area contributed by atoms with Crippen molar-refractivity contribution in [2.75, 3.05) is 20.2 Å². The zero-order chi connectivity index (χ0) is 9.14. The lowest BCUT2D eigenvalue weighted by atomic mass is 10.0. The van der Waals surface area contributed by atoms with Gasteiger partial charge in [-0.05, 0) is 6.42 Å². The molecule has 1 fully saturated rings. The minimum Gasteiger partial charge on any atom is -0.465 e. The minimum atomic E-state index is -0.899. The summed E-state index contributed by atoms with van der Waals surface area (Å²) < 4.78 is 5.05. The number of piperidine rings is 1. The molecular formula is C7H14N2O3. The smallest absolute Gasteiger partial charge is 0.407 e. The van der Waals surface area contributed by atoms with Crippen molar-refractivity contribution in [2.45, 2.75) is 18.6 Å². The number of hydrogen-bond acceptors (Lipinski definition) is 3. The van der Waals surface area contributed by atoms with E-state index in [1.807, 2.05) is 0 Å². The van der Waals surface area contributed by atoms with Crippen LogP contribution in [0.15, 0.2) is 0 Å². The second kappa shape index (κ2) is 3.73. The highest BCUT2D eigenvalue weighted by Crippen LogP contribution is 2.11. The van der Waals surface area contributed by atoms with Crippen molar-refractivity contribution in [3.8, 4) is 0 Å². The van der Waals surface area contributed by atoms with Gasteiger partial charge in [-0.2, -0.15) is 0 Å². The molecule has 1 aliphatic rings. The lowest BCUT2D eigenvalue weighted by Crippen LogP contribution is -2.52. The molecule has 12 heavy (non-hydrogen) atoms. The Morgan fingerprint density at radius 2 is 2.42 bits per heavy atom. The van der Waals surface area contributed by atoms with Crippen LogP contribution in [0.1, 0.15) is 6.42 Å². The Hall–Kier alpha value is -0.810. The summed E-state index contributed by atoms with van der Waals surface area (Å²) in [7, 11) is 1.55. The summed E-state index contributed by atoms with van der Waals surface area (Å²) in [6.45, 7) is 0.892. The van der Waals surface area contributed by atoms with Crippen LogP contribution in [0.25, 0.3) is 0 Å². The second-order valence-corrected chi connectivity index (χ2v) is 2.96. The lowest BCUT2D eigenvalue weighted by Gasteiger charge is -2.34. The molecule has 1 saturated heterocycles. The summed E-state index contributed by atoms with van der Waals surface area (Å²) in [5.41, 5.74) is 5.71. The van der Waals surface area contributed by atoms with Crippen LogP contribution in [-0.2, 0) is 4.74 Å². The fourth-order valence-electron chi connectivity index (χ4n) is 1.36. The van der Waals surface area contributed by atoms with Crippen molar-refractivity contribution >= 4 is 6.09 Å². The molecule has 0 aromatic heterocycles. The number of carboxylic acid groups (broad SMARTS) is 1. The third-order valence-electron chi connectivity index (χ3n) is 2.18. The van der Waals surface area contributed by atoms with E-state index in [0.29, 0.717) is 19.5 Å². The van der Waals surface area contributed by atoms with Crippen LogP contribution in [-0.4, -0.2) is 48.4 Å². The molecule has 0 radical (unpaired) electrons. The molecule has 2 atom stereocenters. The van der Waals surface area contributed by atoms with Gasteiger partial charge in [-0.3, -0.25) is 0 Å². The van der Waals surface area contributed by atoms with Crippen molar-refractivity contribution in [3.63, 3.8) is 0 Å². The van der Waals surface area contributed by atoms with Gasteiger partial charge in [0, 0.05) is 19.7 Å². The molecular weight excluding hydrogens is 160 g/mol. The van der Waals surface area contributed by atoms with Gasteiger partial charge in [-0.1, -0.05) is 0 Å². The monoisotopic (exact) mass is 174 g/mol. The van der Waals surface area contributed by atoms with Crippen LogP contribution in [0.3, 0.4) is 0 Å². The summed E-state index contributed by atoms with van der Waals surface area (Å²) in [6.07, 6.45) is -0.385. The average Bonchev–Trinajstić information content (AvgIpc) is 2.05. The predicted octanol–water partition coefficient (Wildman–Crippen LogP) is -0.288. The minimum absolute atomic E-state index is 0.0365. The van der Waals surface area contributed by atoms with E-state index in [1.165, 1.54) is 4.90 Å². The quantitative estimate of drug-likeness (QED) is 0.573. The first kappa shape index (κ1) is 9.28. The zero-order valence-electron chi connectivity index (χ0n) is 7.06. The average molecular weight is 174 g/mol. The van der Waals surface area contributed by atoms with Crippen LogP contribution in [0.2, 0.25) is 0 Å². The molecule has 1 rings (SSSR count). The maximum Gasteiger partial charge on any atom is 0.407 e. The number of likely N-dealkylation sites (tertiary alicyclic amines) is 1. The van der Waals surface area contributed by atoms with Crippen LogP contribution < -0.4 is 5.73 Å². The number of hydrogen-bond donors (Lipinski definition) is 2. The van der Waals surface area contributed by atoms with Crippen LogP contribution in [0.4, 0.5) is 4.79 Å². The Morgan fingerprint density at radius 1 is 1.75 bits per heavy atom. The van der Waals surface area contributed by atoms with Gasteiger partial charge in [0.05, 0.1) is 12.6 Å². The number of rotatable bonds is 1. The van der Waals surface area contributed by atoms with Gasteiger partial charge in [0.2, 0.25) is 0 Å². The highest BCUT2D eigenvalue weighted by Gasteiger charge is 2.28. The molecule has 0 unspecified atom stereocenters. The number of carbonyl (C=O) groups is 1. The van der Waals surface area contributed by atoms with Crippen molar-refractivity contribution in [1.82, 2.24) is 4.90 Å². The fourth-order valence-corrected chi connectivity index (χ4v) is 1.36. The number of nitrogens with two attached hydrogens (primary N) is 1. The third-order valence-corrected chi connectivity index (χ3v) is 2.18. The number of ether oxygens (including phenoxy) is 1. The largest absolute Gasteiger partial charge is 0.465 e. The Bertz CT molecular complexity index is 174. The van der Waals surface area contributed by atoms with Crippen LogP contribution in [0.5, 0.6) is 0 Å². The van der Waals surface area contributed by atoms with Crippen LogP contribution >= 0.6 is 0 Å². The molecule has 0 bridgehead atoms. The number of methoxy groups -OCH3 is 1. The van der Waals surface area contributed by atoms with E-state index in [1.54, 1.807) is 7.11 Å². The molecule has 0 aromatic rings. The zero-order valence-corrected chi connectivity index (χ0v) is 7.06. The van der Waals surface area contributed by atoms with E-state index >= 15 is 0 Å². The summed E-state index contributed by atoms with van der Waals surface area (Å²) >= 11 is 0. The Labute approximate surface area is 71.1 Å². The van der Waals surface area contributed by atoms with Gasteiger partial charge in [-0.15, -0.1) is 0 Å². The van der Waals surface area contributed by atoms with E-state index in [0.717, 1.165) is 0 Å². The van der Waals surface area contributed by atoms with Gasteiger partial charge in [0.15, 0.2) is 0 Å². The highest BCUT2D eigenvalue weighted by molar-refractivity contribution is 5.65. The van der Waals surface area contributed by atoms with E-state index in [4.69, 9.17) is 15.6 Å². The molecule has 70 valence electrons. The Morgan fingerprint density at radius 3 is 2.92 bits per heavy atom. The normalized spacial score (nSPS) is 30.3. The predicted molar refractivity (Wildman–Crippen MR) is 43.0 cm³/mol. The molecule has 0 saturated carbocycles. The maximum atomic E-state index is 10.6. The second-order valence-electron chi connectivity index (χ2n) is 2.96. The van der Waals surface area contributed by atoms with Crippen LogP contribution in [0, 0.1) is 0 Å². The molecule has 0 aliphatic carbocycles. The summed E-state index contributed by atoms with van der Waals surface area (Å²) in [5.74, 6) is 0. The lowest BCUT2D eigenvalue weighted by molar-refractivity contribution is 0.0199. The Balaban J connectivity index is 2.49. The number of amides is 1. The fraction of sp³-hybridized carbons (Fsp3) is 0.857. The van der Waals surface area contributed by atoms with Crippen molar-refractivity contribution in [1.29, 1.82) is 0 Å². The topological polar surface area (TPSA) is 75.8 Å². The standard InChI is InChI=1S/C7H14N2O3/c1-12-6-4-9(7(10)11)3-2-5(6)8/h5-6H,2-4,8H2,1H3,(H,10,11)/t5-,6-/m1/s1. The summed E-state index contributed by atoms with van der Waals surface area (Å²) in [6, 6.07) is -0.0365. The van der Waals surface area contributed by atoms with E-state index in [9.17, 15) is 4.79 Å². The molecule has 1 aliphatic heterocycles. The van der Waals surface area contributed by atoms with Gasteiger partial charge in [-0.25, -0.2) is 4.79 Å². The molecule has 1 amide bonds. The first-order valence-corrected chi connectivity index (χ1v) is 3.91. The molecule has 5 nitrogen and oxygen atoms in total. The van der Waals surface area contributed by atoms with Crippen molar-refractivity contribution < 1.29 is 14.6 Å². The SMILES string of the molecule is CO[C@@H]1CN(C(=O)O)CC[C@H]1N. The van der Waals surface area contributed by atoms with E-state index < -0.39 is 6.09 Å². The summed E-state index contributed by atoms with van der Waals surface area (Å²) in [4.78, 5) is 11.9. The Kier molecular flexibility index (Phi) is 2.88.